The summed E-state index contributed by atoms with van der Waals surface area (Å²) >= 11 is 0. The number of esters is 1. The van der Waals surface area contributed by atoms with E-state index in [1.807, 2.05) is 0 Å². The first-order valence-corrected chi connectivity index (χ1v) is 6.74. The fraction of sp³-hybridized carbons (Fsp3) is 0.467. The standard InChI is InChI=1S/C15H19NO4/c1-19-15(18)12-6-4-11(5-7-12)10-16-14(17)9-13-3-2-8-20-13/h4-7,13H,2-3,8-10H2,1H3,(H,16,17). The molecule has 20 heavy (non-hydrogen) atoms. The van der Waals surface area contributed by atoms with Crippen LogP contribution in [0.2, 0.25) is 0 Å². The van der Waals surface area contributed by atoms with Crippen molar-refractivity contribution in [2.24, 2.45) is 0 Å². The van der Waals surface area contributed by atoms with E-state index in [2.05, 4.69) is 10.1 Å². The summed E-state index contributed by atoms with van der Waals surface area (Å²) in [5.41, 5.74) is 1.44. The van der Waals surface area contributed by atoms with Gasteiger partial charge in [-0.2, -0.15) is 0 Å². The van der Waals surface area contributed by atoms with Gasteiger partial charge in [-0.05, 0) is 30.5 Å². The summed E-state index contributed by atoms with van der Waals surface area (Å²) < 4.78 is 10.0. The third-order valence-electron chi connectivity index (χ3n) is 3.30. The molecule has 0 radical (unpaired) electrons. The number of hydrogen-bond acceptors (Lipinski definition) is 4. The molecule has 0 aliphatic carbocycles. The van der Waals surface area contributed by atoms with Crippen LogP contribution in [0.3, 0.4) is 0 Å². The molecule has 1 aliphatic heterocycles. The lowest BCUT2D eigenvalue weighted by molar-refractivity contribution is -0.123. The molecule has 0 aromatic heterocycles. The van der Waals surface area contributed by atoms with E-state index in [1.165, 1.54) is 7.11 Å². The molecule has 1 fully saturated rings. The Morgan fingerprint density at radius 2 is 2.10 bits per heavy atom. The number of nitrogens with one attached hydrogen (secondary N) is 1. The largest absolute Gasteiger partial charge is 0.465 e. The molecule has 2 rings (SSSR count). The van der Waals surface area contributed by atoms with Crippen molar-refractivity contribution in [1.29, 1.82) is 0 Å². The van der Waals surface area contributed by atoms with Gasteiger partial charge < -0.3 is 14.8 Å². The van der Waals surface area contributed by atoms with E-state index in [0.29, 0.717) is 18.5 Å². The smallest absolute Gasteiger partial charge is 0.337 e. The summed E-state index contributed by atoms with van der Waals surface area (Å²) in [4.78, 5) is 23.0. The number of methoxy groups -OCH3 is 1. The molecule has 1 N–H and O–H groups in total. The van der Waals surface area contributed by atoms with Crippen LogP contribution < -0.4 is 5.32 Å². The van der Waals surface area contributed by atoms with Gasteiger partial charge in [-0.25, -0.2) is 4.79 Å². The van der Waals surface area contributed by atoms with Gasteiger partial charge in [0.25, 0.3) is 0 Å². The van der Waals surface area contributed by atoms with Gasteiger partial charge in [0.15, 0.2) is 0 Å². The van der Waals surface area contributed by atoms with Crippen LogP contribution in [0.5, 0.6) is 0 Å². The molecule has 1 aromatic rings. The molecule has 1 atom stereocenters. The van der Waals surface area contributed by atoms with Gasteiger partial charge >= 0.3 is 5.97 Å². The van der Waals surface area contributed by atoms with E-state index < -0.39 is 0 Å². The van der Waals surface area contributed by atoms with E-state index in [0.717, 1.165) is 25.0 Å². The summed E-state index contributed by atoms with van der Waals surface area (Å²) in [5.74, 6) is -0.368. The zero-order valence-electron chi connectivity index (χ0n) is 11.6. The van der Waals surface area contributed by atoms with Crippen LogP contribution in [0.15, 0.2) is 24.3 Å². The lowest BCUT2D eigenvalue weighted by atomic mass is 10.1. The molecule has 0 saturated carbocycles. The fourth-order valence-electron chi connectivity index (χ4n) is 2.16. The van der Waals surface area contributed by atoms with Crippen LogP contribution in [0.4, 0.5) is 0 Å². The van der Waals surface area contributed by atoms with Crippen LogP contribution in [-0.4, -0.2) is 31.7 Å². The van der Waals surface area contributed by atoms with Gasteiger partial charge in [0, 0.05) is 13.2 Å². The monoisotopic (exact) mass is 277 g/mol. The van der Waals surface area contributed by atoms with Crippen molar-refractivity contribution in [1.82, 2.24) is 5.32 Å². The summed E-state index contributed by atoms with van der Waals surface area (Å²) in [7, 11) is 1.35. The van der Waals surface area contributed by atoms with Crippen molar-refractivity contribution in [3.05, 3.63) is 35.4 Å². The Morgan fingerprint density at radius 3 is 2.70 bits per heavy atom. The van der Waals surface area contributed by atoms with Gasteiger partial charge in [0.1, 0.15) is 0 Å². The Labute approximate surface area is 118 Å². The average molecular weight is 277 g/mol. The first kappa shape index (κ1) is 14.5. The highest BCUT2D eigenvalue weighted by Crippen LogP contribution is 2.15. The van der Waals surface area contributed by atoms with Crippen LogP contribution in [0, 0.1) is 0 Å². The highest BCUT2D eigenvalue weighted by Gasteiger charge is 2.18. The van der Waals surface area contributed by atoms with E-state index in [9.17, 15) is 9.59 Å². The first-order chi connectivity index (χ1) is 9.69. The highest BCUT2D eigenvalue weighted by molar-refractivity contribution is 5.89. The average Bonchev–Trinajstić information content (AvgIpc) is 2.97. The molecule has 1 aliphatic rings. The summed E-state index contributed by atoms with van der Waals surface area (Å²) in [6.07, 6.45) is 2.48. The van der Waals surface area contributed by atoms with E-state index >= 15 is 0 Å². The van der Waals surface area contributed by atoms with Gasteiger partial charge in [-0.1, -0.05) is 12.1 Å². The van der Waals surface area contributed by atoms with Gasteiger partial charge in [-0.15, -0.1) is 0 Å². The maximum Gasteiger partial charge on any atom is 0.337 e. The minimum absolute atomic E-state index is 0.00561. The zero-order chi connectivity index (χ0) is 14.4. The van der Waals surface area contributed by atoms with Crippen LogP contribution in [0.1, 0.15) is 35.2 Å². The molecular formula is C15H19NO4. The molecule has 0 spiro atoms. The van der Waals surface area contributed by atoms with Gasteiger partial charge in [-0.3, -0.25) is 4.79 Å². The fourth-order valence-corrected chi connectivity index (χ4v) is 2.16. The summed E-state index contributed by atoms with van der Waals surface area (Å²) in [6, 6.07) is 6.98. The van der Waals surface area contributed by atoms with Gasteiger partial charge in [0.05, 0.1) is 25.2 Å². The number of hydrogen-bond donors (Lipinski definition) is 1. The molecular weight excluding hydrogens is 258 g/mol. The van der Waals surface area contributed by atoms with Crippen LogP contribution in [-0.2, 0) is 20.8 Å². The number of carbonyl (C=O) groups excluding carboxylic acids is 2. The van der Waals surface area contributed by atoms with Crippen LogP contribution in [0.25, 0.3) is 0 Å². The molecule has 1 amide bonds. The topological polar surface area (TPSA) is 64.6 Å². The van der Waals surface area contributed by atoms with E-state index in [1.54, 1.807) is 24.3 Å². The first-order valence-electron chi connectivity index (χ1n) is 6.74. The number of amides is 1. The highest BCUT2D eigenvalue weighted by atomic mass is 16.5. The maximum absolute atomic E-state index is 11.7. The second kappa shape index (κ2) is 7.05. The Kier molecular flexibility index (Phi) is 5.12. The SMILES string of the molecule is COC(=O)c1ccc(CNC(=O)CC2CCCO2)cc1. The normalized spacial score (nSPS) is 17.8. The molecule has 1 aromatic carbocycles. The third kappa shape index (κ3) is 4.06. The number of benzene rings is 1. The number of rotatable bonds is 5. The zero-order valence-corrected chi connectivity index (χ0v) is 11.6. The van der Waals surface area contributed by atoms with E-state index in [-0.39, 0.29) is 18.0 Å². The Hall–Kier alpha value is -1.88. The van der Waals surface area contributed by atoms with Crippen molar-refractivity contribution in [3.8, 4) is 0 Å². The Bertz CT molecular complexity index is 463. The minimum atomic E-state index is -0.362. The third-order valence-corrected chi connectivity index (χ3v) is 3.30. The quantitative estimate of drug-likeness (QED) is 0.831. The second-order valence-electron chi connectivity index (χ2n) is 4.80. The molecule has 0 bridgehead atoms. The maximum atomic E-state index is 11.7. The van der Waals surface area contributed by atoms with Crippen LogP contribution >= 0.6 is 0 Å². The predicted molar refractivity (Wildman–Crippen MR) is 73.2 cm³/mol. The Balaban J connectivity index is 1.78. The summed E-state index contributed by atoms with van der Waals surface area (Å²) in [6.45, 7) is 1.21. The molecule has 1 unspecified atom stereocenters. The van der Waals surface area contributed by atoms with E-state index in [4.69, 9.17) is 4.74 Å². The Morgan fingerprint density at radius 1 is 1.35 bits per heavy atom. The minimum Gasteiger partial charge on any atom is -0.465 e. The van der Waals surface area contributed by atoms with Crippen molar-refractivity contribution in [3.63, 3.8) is 0 Å². The summed E-state index contributed by atoms with van der Waals surface area (Å²) in [5, 5.41) is 2.85. The van der Waals surface area contributed by atoms with Crippen molar-refractivity contribution in [2.75, 3.05) is 13.7 Å². The lowest BCUT2D eigenvalue weighted by Crippen LogP contribution is -2.26. The van der Waals surface area contributed by atoms with Gasteiger partial charge in [0.2, 0.25) is 5.91 Å². The number of carbonyl (C=O) groups is 2. The second-order valence-corrected chi connectivity index (χ2v) is 4.80. The van der Waals surface area contributed by atoms with Crippen molar-refractivity contribution in [2.45, 2.75) is 31.9 Å². The van der Waals surface area contributed by atoms with Crippen molar-refractivity contribution < 1.29 is 19.1 Å². The molecule has 5 nitrogen and oxygen atoms in total. The molecule has 1 heterocycles. The van der Waals surface area contributed by atoms with Crippen molar-refractivity contribution >= 4 is 11.9 Å². The molecule has 1 saturated heterocycles. The predicted octanol–water partition coefficient (Wildman–Crippen LogP) is 1.66. The lowest BCUT2D eigenvalue weighted by Gasteiger charge is -2.10. The molecule has 108 valence electrons. The number of ether oxygens (including phenoxy) is 2. The molecule has 5 heteroatoms.